The molecular formula is C19H24N2O3S2. The lowest BCUT2D eigenvalue weighted by Gasteiger charge is -2.16. The van der Waals surface area contributed by atoms with Gasteiger partial charge in [-0.25, -0.2) is 8.42 Å². The molecule has 1 amide bonds. The van der Waals surface area contributed by atoms with Gasteiger partial charge in [-0.3, -0.25) is 10.2 Å². The molecule has 2 aromatic rings. The number of amides is 1. The Morgan fingerprint density at radius 3 is 2.69 bits per heavy atom. The van der Waals surface area contributed by atoms with E-state index in [9.17, 15) is 13.2 Å². The number of rotatable bonds is 6. The second-order valence-corrected chi connectivity index (χ2v) is 9.68. The first-order chi connectivity index (χ1) is 12.4. The number of hydrogen-bond acceptors (Lipinski definition) is 4. The lowest BCUT2D eigenvalue weighted by Crippen LogP contribution is -2.41. The molecule has 1 aliphatic rings. The van der Waals surface area contributed by atoms with Crippen molar-refractivity contribution < 1.29 is 13.2 Å². The van der Waals surface area contributed by atoms with Crippen molar-refractivity contribution in [3.63, 3.8) is 0 Å². The minimum Gasteiger partial charge on any atom is -0.273 e. The third-order valence-electron chi connectivity index (χ3n) is 4.62. The second-order valence-electron chi connectivity index (χ2n) is 6.86. The molecule has 1 heterocycles. The summed E-state index contributed by atoms with van der Waals surface area (Å²) < 4.78 is 24.7. The van der Waals surface area contributed by atoms with Crippen LogP contribution in [0.5, 0.6) is 0 Å². The Morgan fingerprint density at radius 2 is 2.00 bits per heavy atom. The fraction of sp³-hybridized carbons (Fsp3) is 0.421. The van der Waals surface area contributed by atoms with E-state index in [2.05, 4.69) is 24.1 Å². The quantitative estimate of drug-likeness (QED) is 0.740. The monoisotopic (exact) mass is 392 g/mol. The summed E-state index contributed by atoms with van der Waals surface area (Å²) >= 11 is 1.45. The average molecular weight is 393 g/mol. The number of sulfonamides is 1. The van der Waals surface area contributed by atoms with E-state index in [1.165, 1.54) is 21.8 Å². The third kappa shape index (κ3) is 4.34. The number of thiophene rings is 1. The van der Waals surface area contributed by atoms with Crippen molar-refractivity contribution in [2.24, 2.45) is 5.92 Å². The van der Waals surface area contributed by atoms with Crippen LogP contribution in [0.4, 0.5) is 0 Å². The van der Waals surface area contributed by atoms with Crippen molar-refractivity contribution in [3.8, 4) is 0 Å². The van der Waals surface area contributed by atoms with E-state index in [1.54, 1.807) is 24.3 Å². The van der Waals surface area contributed by atoms with Crippen LogP contribution in [0, 0.1) is 5.92 Å². The lowest BCUT2D eigenvalue weighted by atomic mass is 9.90. The van der Waals surface area contributed by atoms with Crippen molar-refractivity contribution in [1.29, 1.82) is 0 Å². The summed E-state index contributed by atoms with van der Waals surface area (Å²) in [5.41, 5.74) is 4.64. The molecule has 5 nitrogen and oxygen atoms in total. The first-order valence-electron chi connectivity index (χ1n) is 8.91. The zero-order chi connectivity index (χ0) is 18.7. The van der Waals surface area contributed by atoms with Crippen LogP contribution < -0.4 is 10.3 Å². The van der Waals surface area contributed by atoms with Crippen molar-refractivity contribution in [2.45, 2.75) is 50.8 Å². The van der Waals surface area contributed by atoms with Crippen LogP contribution in [0.1, 0.15) is 52.4 Å². The lowest BCUT2D eigenvalue weighted by molar-refractivity contribution is 0.0949. The number of carbonyl (C=O) groups is 1. The van der Waals surface area contributed by atoms with E-state index in [4.69, 9.17) is 0 Å². The molecule has 7 heteroatoms. The van der Waals surface area contributed by atoms with Gasteiger partial charge in [-0.2, -0.15) is 0 Å². The molecule has 26 heavy (non-hydrogen) atoms. The van der Waals surface area contributed by atoms with E-state index in [0.29, 0.717) is 10.8 Å². The summed E-state index contributed by atoms with van der Waals surface area (Å²) in [5, 5.41) is 0. The number of nitrogens with one attached hydrogen (secondary N) is 2. The Labute approximate surface area is 158 Å². The van der Waals surface area contributed by atoms with Crippen molar-refractivity contribution in [1.82, 2.24) is 10.3 Å². The summed E-state index contributed by atoms with van der Waals surface area (Å²) in [5.74, 6) is 0.213. The molecular weight excluding hydrogens is 368 g/mol. The molecule has 1 aliphatic carbocycles. The molecule has 0 saturated carbocycles. The summed E-state index contributed by atoms with van der Waals surface area (Å²) in [4.78, 5) is 16.4. The normalized spacial score (nSPS) is 16.9. The first-order valence-corrected chi connectivity index (χ1v) is 11.2. The van der Waals surface area contributed by atoms with Gasteiger partial charge in [-0.1, -0.05) is 32.4 Å². The summed E-state index contributed by atoms with van der Waals surface area (Å²) in [7, 11) is -3.78. The van der Waals surface area contributed by atoms with Crippen molar-refractivity contribution >= 4 is 27.3 Å². The van der Waals surface area contributed by atoms with Crippen LogP contribution in [-0.4, -0.2) is 14.3 Å². The maximum Gasteiger partial charge on any atom is 0.276 e. The van der Waals surface area contributed by atoms with Crippen LogP contribution in [0.3, 0.4) is 0 Å². The Kier molecular flexibility index (Phi) is 5.79. The Bertz CT molecular complexity index is 886. The van der Waals surface area contributed by atoms with E-state index in [1.807, 2.05) is 6.07 Å². The van der Waals surface area contributed by atoms with Crippen LogP contribution >= 0.6 is 11.3 Å². The van der Waals surface area contributed by atoms with Crippen molar-refractivity contribution in [2.75, 3.05) is 0 Å². The predicted molar refractivity (Wildman–Crippen MR) is 104 cm³/mol. The maximum absolute atomic E-state index is 12.4. The summed E-state index contributed by atoms with van der Waals surface area (Å²) in [6.07, 6.45) is 5.02. The van der Waals surface area contributed by atoms with Gasteiger partial charge in [0.15, 0.2) is 0 Å². The van der Waals surface area contributed by atoms with Gasteiger partial charge < -0.3 is 0 Å². The Hall–Kier alpha value is -1.70. The number of hydrazine groups is 1. The highest BCUT2D eigenvalue weighted by Gasteiger charge is 2.22. The summed E-state index contributed by atoms with van der Waals surface area (Å²) in [6.45, 7) is 4.28. The molecule has 0 aliphatic heterocycles. The highest BCUT2D eigenvalue weighted by Crippen LogP contribution is 2.32. The van der Waals surface area contributed by atoms with Crippen molar-refractivity contribution in [3.05, 3.63) is 51.2 Å². The van der Waals surface area contributed by atoms with Gasteiger partial charge in [-0.15, -0.1) is 16.2 Å². The molecule has 140 valence electrons. The molecule has 2 N–H and O–H groups in total. The van der Waals surface area contributed by atoms with Gasteiger partial charge in [0.05, 0.1) is 9.77 Å². The highest BCUT2D eigenvalue weighted by atomic mass is 32.2. The SMILES string of the molecule is CCCc1ccc(S(=O)(=O)NNC(=O)c2cc3c(s2)CC[C@@H](C)C3)cc1. The van der Waals surface area contributed by atoms with E-state index < -0.39 is 15.9 Å². The standard InChI is InChI=1S/C19H24N2O3S2/c1-3-4-14-6-8-16(9-7-14)26(23,24)21-20-19(22)18-12-15-11-13(2)5-10-17(15)25-18/h6-9,12-13,21H,3-5,10-11H2,1-2H3,(H,20,22)/t13-/m1/s1. The topological polar surface area (TPSA) is 75.3 Å². The molecule has 0 fully saturated rings. The maximum atomic E-state index is 12.4. The van der Waals surface area contributed by atoms with Crippen LogP contribution in [0.25, 0.3) is 0 Å². The van der Waals surface area contributed by atoms with Gasteiger partial charge in [0, 0.05) is 4.88 Å². The van der Waals surface area contributed by atoms with Gasteiger partial charge in [0.1, 0.15) is 0 Å². The number of fused-ring (bicyclic) bond motifs is 1. The van der Waals surface area contributed by atoms with E-state index in [0.717, 1.165) is 37.7 Å². The number of aryl methyl sites for hydroxylation is 2. The zero-order valence-electron chi connectivity index (χ0n) is 15.0. The molecule has 1 atom stereocenters. The average Bonchev–Trinajstić information content (AvgIpc) is 3.04. The Morgan fingerprint density at radius 1 is 1.27 bits per heavy atom. The highest BCUT2D eigenvalue weighted by molar-refractivity contribution is 7.89. The van der Waals surface area contributed by atoms with E-state index in [-0.39, 0.29) is 4.90 Å². The second kappa shape index (κ2) is 7.90. The van der Waals surface area contributed by atoms with Crippen LogP contribution in [0.2, 0.25) is 0 Å². The van der Waals surface area contributed by atoms with Gasteiger partial charge >= 0.3 is 0 Å². The third-order valence-corrected chi connectivity index (χ3v) is 7.12. The fourth-order valence-corrected chi connectivity index (χ4v) is 5.12. The number of carbonyl (C=O) groups excluding carboxylic acids is 1. The molecule has 0 radical (unpaired) electrons. The van der Waals surface area contributed by atoms with Crippen LogP contribution in [-0.2, 0) is 29.3 Å². The minimum absolute atomic E-state index is 0.136. The van der Waals surface area contributed by atoms with Crippen LogP contribution in [0.15, 0.2) is 35.2 Å². The Balaban J connectivity index is 1.65. The molecule has 0 unspecified atom stereocenters. The molecule has 0 bridgehead atoms. The first kappa shape index (κ1) is 19.1. The summed E-state index contributed by atoms with van der Waals surface area (Å²) in [6, 6.07) is 8.61. The molecule has 0 spiro atoms. The predicted octanol–water partition coefficient (Wildman–Crippen LogP) is 3.45. The number of hydrogen-bond donors (Lipinski definition) is 2. The number of benzene rings is 1. The molecule has 0 saturated heterocycles. The van der Waals surface area contributed by atoms with Gasteiger partial charge in [0.2, 0.25) is 0 Å². The fourth-order valence-electron chi connectivity index (χ4n) is 3.18. The van der Waals surface area contributed by atoms with Gasteiger partial charge in [0.25, 0.3) is 15.9 Å². The molecule has 1 aromatic heterocycles. The smallest absolute Gasteiger partial charge is 0.273 e. The molecule has 3 rings (SSSR count). The molecule has 1 aromatic carbocycles. The zero-order valence-corrected chi connectivity index (χ0v) is 16.7. The minimum atomic E-state index is -3.78. The largest absolute Gasteiger partial charge is 0.276 e. The van der Waals surface area contributed by atoms with Gasteiger partial charge in [-0.05, 0) is 60.9 Å². The van der Waals surface area contributed by atoms with E-state index >= 15 is 0 Å².